The first kappa shape index (κ1) is 14.2. The number of nitrogens with zero attached hydrogens (tertiary/aromatic N) is 1. The molecule has 90 valence electrons. The molecule has 1 rings (SSSR count). The van der Waals surface area contributed by atoms with Crippen molar-refractivity contribution in [2.24, 2.45) is 5.73 Å². The summed E-state index contributed by atoms with van der Waals surface area (Å²) in [5.41, 5.74) is 7.71. The third-order valence-corrected chi connectivity index (χ3v) is 2.54. The maximum absolute atomic E-state index is 10.1. The molecule has 0 radical (unpaired) electrons. The fraction of sp³-hybridized carbons (Fsp3) is 1.00. The van der Waals surface area contributed by atoms with Crippen molar-refractivity contribution in [1.82, 2.24) is 5.43 Å². The summed E-state index contributed by atoms with van der Waals surface area (Å²) in [4.78, 5) is 10.1. The van der Waals surface area contributed by atoms with E-state index in [2.05, 4.69) is 12.3 Å². The molecule has 0 heterocycles. The van der Waals surface area contributed by atoms with Crippen LogP contribution in [0, 0.1) is 4.91 Å². The molecule has 1 unspecified atom stereocenters. The van der Waals surface area contributed by atoms with Gasteiger partial charge in [0.1, 0.15) is 4.91 Å². The molecule has 1 aliphatic rings. The molecule has 0 spiro atoms. The lowest BCUT2D eigenvalue weighted by Crippen LogP contribution is -2.36. The number of nitrogens with one attached hydrogen (secondary N) is 1. The van der Waals surface area contributed by atoms with Crippen LogP contribution >= 0.6 is 0 Å². The molecule has 1 saturated carbocycles. The Morgan fingerprint density at radius 3 is 2.27 bits per heavy atom. The smallest absolute Gasteiger partial charge is 0.328 e. The van der Waals surface area contributed by atoms with Gasteiger partial charge in [-0.05, 0) is 26.2 Å². The number of hydrazine groups is 1. The highest BCUT2D eigenvalue weighted by Crippen LogP contribution is 2.16. The van der Waals surface area contributed by atoms with E-state index in [1.165, 1.54) is 6.42 Å². The predicted molar refractivity (Wildman–Crippen MR) is 59.4 cm³/mol. The molecule has 0 amide bonds. The first-order chi connectivity index (χ1) is 7.06. The van der Waals surface area contributed by atoms with Crippen molar-refractivity contribution in [1.29, 1.82) is 0 Å². The molecule has 0 bridgehead atoms. The summed E-state index contributed by atoms with van der Waals surface area (Å²) in [6, 6.07) is 0.575. The van der Waals surface area contributed by atoms with E-state index in [1.807, 2.05) is 6.92 Å². The van der Waals surface area contributed by atoms with Crippen LogP contribution < -0.4 is 11.2 Å². The Morgan fingerprint density at radius 1 is 1.47 bits per heavy atom. The van der Waals surface area contributed by atoms with Crippen LogP contribution in [0.5, 0.6) is 0 Å². The number of nitrogens with two attached hydrogens (primary N) is 1. The van der Waals surface area contributed by atoms with E-state index in [0.29, 0.717) is 6.04 Å². The highest BCUT2D eigenvalue weighted by atomic mass is 16.7. The van der Waals surface area contributed by atoms with E-state index in [-0.39, 0.29) is 11.1 Å². The summed E-state index contributed by atoms with van der Waals surface area (Å²) in [5.74, 6) is 0. The van der Waals surface area contributed by atoms with Gasteiger partial charge in [-0.25, -0.2) is 5.21 Å². The Bertz CT molecular complexity index is 168. The highest BCUT2D eigenvalue weighted by molar-refractivity contribution is 4.67. The largest absolute Gasteiger partial charge is 0.354 e. The monoisotopic (exact) mass is 218 g/mol. The molecule has 1 atom stereocenters. The Hall–Kier alpha value is -0.840. The Balaban J connectivity index is 0.000000336. The van der Waals surface area contributed by atoms with Crippen molar-refractivity contribution < 1.29 is 10.2 Å². The van der Waals surface area contributed by atoms with E-state index in [9.17, 15) is 4.91 Å². The Labute approximate surface area is 91.5 Å². The van der Waals surface area contributed by atoms with Crippen molar-refractivity contribution in [3.05, 3.63) is 4.91 Å². The lowest BCUT2D eigenvalue weighted by molar-refractivity contribution is -0.836. The van der Waals surface area contributed by atoms with Gasteiger partial charge in [0.15, 0.2) is 0 Å². The van der Waals surface area contributed by atoms with Gasteiger partial charge in [0.2, 0.25) is 0 Å². The van der Waals surface area contributed by atoms with Gasteiger partial charge in [-0.1, -0.05) is 31.6 Å². The van der Waals surface area contributed by atoms with Gasteiger partial charge in [-0.3, -0.25) is 0 Å². The zero-order valence-electron chi connectivity index (χ0n) is 9.78. The lowest BCUT2D eigenvalue weighted by atomic mass is 9.96. The normalized spacial score (nSPS) is 18.6. The SMILES string of the molecule is CCC(C)N.O=[N+](O)NC1CCCCC1. The maximum Gasteiger partial charge on any atom is 0.354 e. The molecular formula is C10H24N3O2+. The molecule has 0 aromatic rings. The summed E-state index contributed by atoms with van der Waals surface area (Å²) in [5, 5.41) is 8.09. The van der Waals surface area contributed by atoms with Crippen molar-refractivity contribution in [2.75, 3.05) is 0 Å². The molecule has 1 fully saturated rings. The van der Waals surface area contributed by atoms with Gasteiger partial charge in [0.05, 0.1) is 6.04 Å². The fourth-order valence-electron chi connectivity index (χ4n) is 1.39. The predicted octanol–water partition coefficient (Wildman–Crippen LogP) is 1.74. The Morgan fingerprint density at radius 2 is 1.93 bits per heavy atom. The van der Waals surface area contributed by atoms with E-state index in [0.717, 1.165) is 32.1 Å². The number of hydrogen-bond donors (Lipinski definition) is 3. The molecule has 0 aromatic carbocycles. The molecule has 15 heavy (non-hydrogen) atoms. The molecular weight excluding hydrogens is 194 g/mol. The van der Waals surface area contributed by atoms with Crippen LogP contribution in [-0.2, 0) is 0 Å². The minimum absolute atomic E-state index is 0.185. The van der Waals surface area contributed by atoms with E-state index in [4.69, 9.17) is 10.9 Å². The molecule has 5 nitrogen and oxygen atoms in total. The third kappa shape index (κ3) is 9.46. The van der Waals surface area contributed by atoms with Crippen LogP contribution in [0.3, 0.4) is 0 Å². The minimum Gasteiger partial charge on any atom is -0.328 e. The molecule has 0 aromatic heterocycles. The van der Waals surface area contributed by atoms with Gasteiger partial charge < -0.3 is 5.73 Å². The summed E-state index contributed by atoms with van der Waals surface area (Å²) >= 11 is 0. The first-order valence-corrected chi connectivity index (χ1v) is 5.74. The van der Waals surface area contributed by atoms with Gasteiger partial charge >= 0.3 is 5.03 Å². The fourth-order valence-corrected chi connectivity index (χ4v) is 1.39. The van der Waals surface area contributed by atoms with Crippen LogP contribution in [-0.4, -0.2) is 22.3 Å². The van der Waals surface area contributed by atoms with Gasteiger partial charge in [-0.2, -0.15) is 0 Å². The molecule has 4 N–H and O–H groups in total. The maximum atomic E-state index is 10.1. The van der Waals surface area contributed by atoms with Gasteiger partial charge in [-0.15, -0.1) is 0 Å². The Kier molecular flexibility index (Phi) is 7.99. The topological polar surface area (TPSA) is 78.4 Å². The second-order valence-electron chi connectivity index (χ2n) is 4.12. The van der Waals surface area contributed by atoms with Crippen LogP contribution in [0.15, 0.2) is 0 Å². The zero-order valence-corrected chi connectivity index (χ0v) is 9.78. The van der Waals surface area contributed by atoms with E-state index in [1.54, 1.807) is 0 Å². The van der Waals surface area contributed by atoms with Gasteiger partial charge in [0, 0.05) is 6.04 Å². The average molecular weight is 218 g/mol. The minimum atomic E-state index is -0.185. The average Bonchev–Trinajstić information content (AvgIpc) is 2.19. The first-order valence-electron chi connectivity index (χ1n) is 5.74. The summed E-state index contributed by atoms with van der Waals surface area (Å²) in [6.45, 7) is 4.07. The standard InChI is InChI=1S/C6H13N2O2.C4H11N/c9-8(10)7-6-4-2-1-3-5-6;1-3-4(2)5/h6-7H,1-5H2,(H,9,10);4H,3,5H2,1-2H3/q+1;. The summed E-state index contributed by atoms with van der Waals surface area (Å²) in [6.07, 6.45) is 6.65. The molecule has 1 aliphatic carbocycles. The molecule has 0 aliphatic heterocycles. The van der Waals surface area contributed by atoms with Crippen molar-refractivity contribution >= 4 is 0 Å². The zero-order chi connectivity index (χ0) is 11.7. The summed E-state index contributed by atoms with van der Waals surface area (Å²) < 4.78 is 0. The highest BCUT2D eigenvalue weighted by Gasteiger charge is 2.18. The van der Waals surface area contributed by atoms with Crippen LogP contribution in [0.1, 0.15) is 52.4 Å². The molecule has 5 heteroatoms. The summed E-state index contributed by atoms with van der Waals surface area (Å²) in [7, 11) is 0. The third-order valence-electron chi connectivity index (χ3n) is 2.54. The number of hydrogen-bond acceptors (Lipinski definition) is 2. The quantitative estimate of drug-likeness (QED) is 0.630. The van der Waals surface area contributed by atoms with Gasteiger partial charge in [0.25, 0.3) is 0 Å². The van der Waals surface area contributed by atoms with Crippen molar-refractivity contribution in [3.8, 4) is 0 Å². The van der Waals surface area contributed by atoms with Crippen LogP contribution in [0.2, 0.25) is 0 Å². The lowest BCUT2D eigenvalue weighted by Gasteiger charge is -2.16. The second-order valence-corrected chi connectivity index (χ2v) is 4.12. The second kappa shape index (κ2) is 8.47. The number of rotatable bonds is 3. The van der Waals surface area contributed by atoms with Crippen molar-refractivity contribution in [2.45, 2.75) is 64.5 Å². The van der Waals surface area contributed by atoms with E-state index >= 15 is 0 Å². The molecule has 0 saturated heterocycles. The van der Waals surface area contributed by atoms with Crippen LogP contribution in [0.4, 0.5) is 0 Å². The van der Waals surface area contributed by atoms with Crippen molar-refractivity contribution in [3.63, 3.8) is 0 Å². The van der Waals surface area contributed by atoms with Crippen LogP contribution in [0.25, 0.3) is 0 Å². The van der Waals surface area contributed by atoms with E-state index < -0.39 is 0 Å².